The minimum Gasteiger partial charge on any atom is -0.477 e. The molecule has 0 radical (unpaired) electrons. The molecule has 1 amide bonds. The van der Waals surface area contributed by atoms with Crippen LogP contribution in [0.4, 0.5) is 4.39 Å². The zero-order valence-electron chi connectivity index (χ0n) is 13.9. The molecule has 4 nitrogen and oxygen atoms in total. The minimum atomic E-state index is -1.05. The van der Waals surface area contributed by atoms with Crippen LogP contribution in [0.3, 0.4) is 0 Å². The average molecular weight is 369 g/mol. The van der Waals surface area contributed by atoms with E-state index in [9.17, 15) is 14.0 Å². The van der Waals surface area contributed by atoms with E-state index in [0.29, 0.717) is 10.4 Å². The van der Waals surface area contributed by atoms with Crippen molar-refractivity contribution in [3.63, 3.8) is 0 Å². The van der Waals surface area contributed by atoms with Gasteiger partial charge in [0, 0.05) is 5.56 Å². The number of halogens is 1. The molecule has 1 heterocycles. The van der Waals surface area contributed by atoms with E-state index in [2.05, 4.69) is 5.32 Å². The molecule has 2 aromatic carbocycles. The van der Waals surface area contributed by atoms with Crippen molar-refractivity contribution < 1.29 is 19.1 Å². The SMILES string of the molecule is CC(NC(=O)c1ccc(C(=O)O)s1)c1ccc(-c2ccccc2F)cc1. The number of carbonyl (C=O) groups excluding carboxylic acids is 1. The van der Waals surface area contributed by atoms with Crippen molar-refractivity contribution >= 4 is 23.2 Å². The number of aromatic carboxylic acids is 1. The smallest absolute Gasteiger partial charge is 0.345 e. The van der Waals surface area contributed by atoms with Gasteiger partial charge >= 0.3 is 5.97 Å². The summed E-state index contributed by atoms with van der Waals surface area (Å²) in [5.74, 6) is -1.66. The number of nitrogens with one attached hydrogen (secondary N) is 1. The highest BCUT2D eigenvalue weighted by Gasteiger charge is 2.16. The first-order valence-electron chi connectivity index (χ1n) is 7.94. The Kier molecular flexibility index (Phi) is 5.14. The standard InChI is InChI=1S/C20H16FNO3S/c1-12(22-19(23)17-10-11-18(26-17)20(24)25)13-6-8-14(9-7-13)15-4-2-3-5-16(15)21/h2-12H,1H3,(H,22,23)(H,24,25). The number of carboxylic acids is 1. The number of rotatable bonds is 5. The lowest BCUT2D eigenvalue weighted by Gasteiger charge is -2.14. The van der Waals surface area contributed by atoms with Gasteiger partial charge in [0.05, 0.1) is 10.9 Å². The predicted molar refractivity (Wildman–Crippen MR) is 99.0 cm³/mol. The van der Waals surface area contributed by atoms with Gasteiger partial charge in [-0.15, -0.1) is 11.3 Å². The fourth-order valence-electron chi connectivity index (χ4n) is 2.57. The highest BCUT2D eigenvalue weighted by atomic mass is 32.1. The fourth-order valence-corrected chi connectivity index (χ4v) is 3.32. The Morgan fingerprint density at radius 3 is 2.27 bits per heavy atom. The third-order valence-electron chi connectivity index (χ3n) is 3.98. The molecule has 3 aromatic rings. The lowest BCUT2D eigenvalue weighted by atomic mass is 10.0. The van der Waals surface area contributed by atoms with Gasteiger partial charge in [-0.2, -0.15) is 0 Å². The summed E-state index contributed by atoms with van der Waals surface area (Å²) in [4.78, 5) is 23.6. The van der Waals surface area contributed by atoms with Gasteiger partial charge < -0.3 is 10.4 Å². The van der Waals surface area contributed by atoms with Gasteiger partial charge in [-0.3, -0.25) is 4.79 Å². The highest BCUT2D eigenvalue weighted by molar-refractivity contribution is 7.15. The summed E-state index contributed by atoms with van der Waals surface area (Å²) < 4.78 is 13.9. The minimum absolute atomic E-state index is 0.122. The van der Waals surface area contributed by atoms with Crippen LogP contribution >= 0.6 is 11.3 Å². The number of carbonyl (C=O) groups is 2. The van der Waals surface area contributed by atoms with Crippen LogP contribution in [-0.2, 0) is 0 Å². The van der Waals surface area contributed by atoms with Crippen molar-refractivity contribution in [2.75, 3.05) is 0 Å². The van der Waals surface area contributed by atoms with E-state index in [1.165, 1.54) is 18.2 Å². The molecule has 0 spiro atoms. The largest absolute Gasteiger partial charge is 0.477 e. The monoisotopic (exact) mass is 369 g/mol. The second-order valence-corrected chi connectivity index (χ2v) is 6.85. The van der Waals surface area contributed by atoms with Crippen LogP contribution in [0, 0.1) is 5.82 Å². The molecule has 2 N–H and O–H groups in total. The summed E-state index contributed by atoms with van der Waals surface area (Å²) in [6, 6.07) is 16.5. The number of hydrogen-bond donors (Lipinski definition) is 2. The van der Waals surface area contributed by atoms with Crippen LogP contribution in [0.25, 0.3) is 11.1 Å². The van der Waals surface area contributed by atoms with Gasteiger partial charge in [0.1, 0.15) is 10.7 Å². The summed E-state index contributed by atoms with van der Waals surface area (Å²) in [7, 11) is 0. The topological polar surface area (TPSA) is 66.4 Å². The maximum atomic E-state index is 13.9. The van der Waals surface area contributed by atoms with Crippen LogP contribution < -0.4 is 5.32 Å². The zero-order valence-corrected chi connectivity index (χ0v) is 14.7. The van der Waals surface area contributed by atoms with E-state index in [4.69, 9.17) is 5.11 Å². The number of thiophene rings is 1. The molecule has 1 atom stereocenters. The Morgan fingerprint density at radius 2 is 1.65 bits per heavy atom. The molecular weight excluding hydrogens is 353 g/mol. The van der Waals surface area contributed by atoms with Crippen molar-refractivity contribution in [1.82, 2.24) is 5.32 Å². The molecule has 132 valence electrons. The Bertz CT molecular complexity index is 950. The van der Waals surface area contributed by atoms with E-state index in [0.717, 1.165) is 22.5 Å². The maximum absolute atomic E-state index is 13.9. The molecule has 1 aromatic heterocycles. The van der Waals surface area contributed by atoms with Gasteiger partial charge in [-0.05, 0) is 36.2 Å². The molecule has 3 rings (SSSR count). The molecule has 0 aliphatic rings. The number of hydrogen-bond acceptors (Lipinski definition) is 3. The highest BCUT2D eigenvalue weighted by Crippen LogP contribution is 2.25. The van der Waals surface area contributed by atoms with E-state index >= 15 is 0 Å². The number of amides is 1. The van der Waals surface area contributed by atoms with E-state index in [1.807, 2.05) is 31.2 Å². The van der Waals surface area contributed by atoms with Gasteiger partial charge in [0.15, 0.2) is 0 Å². The van der Waals surface area contributed by atoms with Crippen LogP contribution in [0.1, 0.15) is 37.9 Å². The summed E-state index contributed by atoms with van der Waals surface area (Å²) in [5.41, 5.74) is 2.15. The second-order valence-electron chi connectivity index (χ2n) is 5.77. The first-order chi connectivity index (χ1) is 12.5. The normalized spacial score (nSPS) is 11.8. The van der Waals surface area contributed by atoms with Crippen molar-refractivity contribution in [3.05, 3.63) is 81.8 Å². The molecule has 1 unspecified atom stereocenters. The van der Waals surface area contributed by atoms with Crippen LogP contribution in [-0.4, -0.2) is 17.0 Å². The van der Waals surface area contributed by atoms with Crippen LogP contribution in [0.15, 0.2) is 60.7 Å². The van der Waals surface area contributed by atoms with Gasteiger partial charge in [0.2, 0.25) is 0 Å². The average Bonchev–Trinajstić information content (AvgIpc) is 3.13. The quantitative estimate of drug-likeness (QED) is 0.682. The lowest BCUT2D eigenvalue weighted by molar-refractivity contribution is 0.0702. The third kappa shape index (κ3) is 3.81. The molecule has 0 saturated heterocycles. The van der Waals surface area contributed by atoms with E-state index in [1.54, 1.807) is 18.2 Å². The lowest BCUT2D eigenvalue weighted by Crippen LogP contribution is -2.25. The molecule has 0 bridgehead atoms. The van der Waals surface area contributed by atoms with Gasteiger partial charge in [0.25, 0.3) is 5.91 Å². The molecular formula is C20H16FNO3S. The van der Waals surface area contributed by atoms with E-state index in [-0.39, 0.29) is 22.6 Å². The number of benzene rings is 2. The summed E-state index contributed by atoms with van der Waals surface area (Å²) in [6.45, 7) is 1.84. The van der Waals surface area contributed by atoms with Gasteiger partial charge in [-0.25, -0.2) is 9.18 Å². The Morgan fingerprint density at radius 1 is 1.00 bits per heavy atom. The molecule has 0 aliphatic carbocycles. The molecule has 0 saturated carbocycles. The van der Waals surface area contributed by atoms with Crippen molar-refractivity contribution in [3.8, 4) is 11.1 Å². The fraction of sp³-hybridized carbons (Fsp3) is 0.100. The summed E-state index contributed by atoms with van der Waals surface area (Å²) >= 11 is 0.934. The first kappa shape index (κ1) is 17.8. The van der Waals surface area contributed by atoms with Crippen LogP contribution in [0.2, 0.25) is 0 Å². The van der Waals surface area contributed by atoms with Crippen molar-refractivity contribution in [1.29, 1.82) is 0 Å². The molecule has 26 heavy (non-hydrogen) atoms. The summed E-state index contributed by atoms with van der Waals surface area (Å²) in [5, 5.41) is 11.8. The van der Waals surface area contributed by atoms with Crippen molar-refractivity contribution in [2.45, 2.75) is 13.0 Å². The van der Waals surface area contributed by atoms with Gasteiger partial charge in [-0.1, -0.05) is 42.5 Å². The molecule has 0 fully saturated rings. The van der Waals surface area contributed by atoms with E-state index < -0.39 is 5.97 Å². The zero-order chi connectivity index (χ0) is 18.7. The second kappa shape index (κ2) is 7.49. The third-order valence-corrected chi connectivity index (χ3v) is 5.06. The number of carboxylic acid groups (broad SMARTS) is 1. The predicted octanol–water partition coefficient (Wildman–Crippen LogP) is 4.74. The maximum Gasteiger partial charge on any atom is 0.345 e. The van der Waals surface area contributed by atoms with Crippen molar-refractivity contribution in [2.24, 2.45) is 0 Å². The molecule has 0 aliphatic heterocycles. The summed E-state index contributed by atoms with van der Waals surface area (Å²) in [6.07, 6.45) is 0. The Hall–Kier alpha value is -2.99. The Labute approximate surface area is 153 Å². The first-order valence-corrected chi connectivity index (χ1v) is 8.76. The molecule has 6 heteroatoms. The Balaban J connectivity index is 1.71. The van der Waals surface area contributed by atoms with Crippen LogP contribution in [0.5, 0.6) is 0 Å².